The Morgan fingerprint density at radius 1 is 1.44 bits per heavy atom. The highest BCUT2D eigenvalue weighted by Crippen LogP contribution is 2.15. The summed E-state index contributed by atoms with van der Waals surface area (Å²) in [7, 11) is 1.51. The van der Waals surface area contributed by atoms with Crippen molar-refractivity contribution in [3.8, 4) is 6.01 Å². The number of aromatic nitrogens is 3. The molecule has 0 radical (unpaired) electrons. The van der Waals surface area contributed by atoms with Crippen molar-refractivity contribution < 1.29 is 4.74 Å². The topological polar surface area (TPSA) is 89.2 Å². The maximum absolute atomic E-state index is 5.60. The van der Waals surface area contributed by atoms with Crippen LogP contribution in [0.15, 0.2) is 0 Å². The van der Waals surface area contributed by atoms with E-state index in [1.165, 1.54) is 13.5 Å². The van der Waals surface area contributed by atoms with E-state index in [0.717, 1.165) is 26.1 Å². The maximum atomic E-state index is 5.60. The highest BCUT2D eigenvalue weighted by atomic mass is 16.5. The molecule has 1 aliphatic rings. The Bertz CT molecular complexity index is 399. The smallest absolute Gasteiger partial charge is 0.322 e. The first-order chi connectivity index (χ1) is 8.71. The molecule has 0 saturated carbocycles. The third-order valence-electron chi connectivity index (χ3n) is 3.10. The van der Waals surface area contributed by atoms with Gasteiger partial charge >= 0.3 is 6.01 Å². The number of likely N-dealkylation sites (tertiary alicyclic amines) is 1. The summed E-state index contributed by atoms with van der Waals surface area (Å²) in [6.07, 6.45) is 2.30. The van der Waals surface area contributed by atoms with Gasteiger partial charge in [-0.25, -0.2) is 0 Å². The number of likely N-dealkylation sites (N-methyl/N-ethyl adjacent to an activating group) is 1. The van der Waals surface area contributed by atoms with Crippen LogP contribution in [0.1, 0.15) is 19.8 Å². The van der Waals surface area contributed by atoms with E-state index in [9.17, 15) is 0 Å². The number of nitrogens with two attached hydrogens (primary N) is 1. The minimum Gasteiger partial charge on any atom is -0.467 e. The Morgan fingerprint density at radius 3 is 3.00 bits per heavy atom. The predicted molar refractivity (Wildman–Crippen MR) is 69.6 cm³/mol. The Morgan fingerprint density at radius 2 is 2.28 bits per heavy atom. The Balaban J connectivity index is 2.02. The van der Waals surface area contributed by atoms with Gasteiger partial charge in [-0.15, -0.1) is 0 Å². The van der Waals surface area contributed by atoms with Gasteiger partial charge in [0.2, 0.25) is 11.9 Å². The lowest BCUT2D eigenvalue weighted by molar-refractivity contribution is 0.226. The molecular formula is C11H20N6O. The number of rotatable bonds is 4. The fraction of sp³-hybridized carbons (Fsp3) is 0.727. The van der Waals surface area contributed by atoms with Crippen molar-refractivity contribution in [1.82, 2.24) is 19.9 Å². The van der Waals surface area contributed by atoms with Gasteiger partial charge in [0, 0.05) is 12.6 Å². The Kier molecular flexibility index (Phi) is 4.14. The predicted octanol–water partition coefficient (Wildman–Crippen LogP) is 0.359. The SMILES string of the molecule is CCN1CCCC(Nc2nc(N)nc(OC)n2)C1. The molecule has 0 aliphatic carbocycles. The monoisotopic (exact) mass is 252 g/mol. The van der Waals surface area contributed by atoms with Crippen LogP contribution in [0.3, 0.4) is 0 Å². The number of nitrogens with one attached hydrogen (secondary N) is 1. The van der Waals surface area contributed by atoms with Gasteiger partial charge in [-0.2, -0.15) is 15.0 Å². The Labute approximate surface area is 107 Å². The number of hydrogen-bond donors (Lipinski definition) is 2. The number of nitrogens with zero attached hydrogens (tertiary/aromatic N) is 4. The van der Waals surface area contributed by atoms with E-state index in [1.54, 1.807) is 0 Å². The van der Waals surface area contributed by atoms with Crippen molar-refractivity contribution in [3.05, 3.63) is 0 Å². The van der Waals surface area contributed by atoms with Crippen LogP contribution in [0.25, 0.3) is 0 Å². The van der Waals surface area contributed by atoms with Gasteiger partial charge in [0.15, 0.2) is 0 Å². The molecule has 18 heavy (non-hydrogen) atoms. The average molecular weight is 252 g/mol. The van der Waals surface area contributed by atoms with Crippen molar-refractivity contribution in [2.45, 2.75) is 25.8 Å². The zero-order valence-corrected chi connectivity index (χ0v) is 10.9. The van der Waals surface area contributed by atoms with Crippen LogP contribution < -0.4 is 15.8 Å². The third-order valence-corrected chi connectivity index (χ3v) is 3.10. The van der Waals surface area contributed by atoms with Crippen molar-refractivity contribution in [3.63, 3.8) is 0 Å². The summed E-state index contributed by atoms with van der Waals surface area (Å²) in [5, 5.41) is 3.30. The third kappa shape index (κ3) is 3.19. The highest BCUT2D eigenvalue weighted by molar-refractivity contribution is 5.33. The van der Waals surface area contributed by atoms with E-state index in [4.69, 9.17) is 10.5 Å². The second-order valence-corrected chi connectivity index (χ2v) is 4.38. The van der Waals surface area contributed by atoms with E-state index in [1.807, 2.05) is 0 Å². The van der Waals surface area contributed by atoms with E-state index in [0.29, 0.717) is 12.0 Å². The highest BCUT2D eigenvalue weighted by Gasteiger charge is 2.19. The molecule has 1 fully saturated rings. The lowest BCUT2D eigenvalue weighted by Gasteiger charge is -2.32. The van der Waals surface area contributed by atoms with Crippen molar-refractivity contribution in [2.75, 3.05) is 37.8 Å². The number of anilines is 2. The number of nitrogen functional groups attached to an aromatic ring is 1. The lowest BCUT2D eigenvalue weighted by atomic mass is 10.1. The molecule has 2 heterocycles. The van der Waals surface area contributed by atoms with Crippen LogP contribution in [0, 0.1) is 0 Å². The molecule has 0 bridgehead atoms. The normalized spacial score (nSPS) is 20.7. The first-order valence-electron chi connectivity index (χ1n) is 6.25. The molecule has 1 aliphatic heterocycles. The summed E-state index contributed by atoms with van der Waals surface area (Å²) in [5.74, 6) is 0.662. The number of hydrogen-bond acceptors (Lipinski definition) is 7. The van der Waals surface area contributed by atoms with Crippen molar-refractivity contribution in [2.24, 2.45) is 0 Å². The molecule has 1 aromatic heterocycles. The van der Waals surface area contributed by atoms with E-state index >= 15 is 0 Å². The molecule has 7 heteroatoms. The van der Waals surface area contributed by atoms with E-state index < -0.39 is 0 Å². The van der Waals surface area contributed by atoms with Gasteiger partial charge in [-0.05, 0) is 25.9 Å². The summed E-state index contributed by atoms with van der Waals surface area (Å²) in [6, 6.07) is 0.596. The fourth-order valence-corrected chi connectivity index (χ4v) is 2.17. The zero-order valence-electron chi connectivity index (χ0n) is 10.9. The molecule has 0 spiro atoms. The second kappa shape index (κ2) is 5.81. The Hall–Kier alpha value is -1.63. The minimum atomic E-state index is 0.174. The fourth-order valence-electron chi connectivity index (χ4n) is 2.17. The molecule has 1 unspecified atom stereocenters. The number of ether oxygens (including phenoxy) is 1. The maximum Gasteiger partial charge on any atom is 0.322 e. The van der Waals surface area contributed by atoms with Gasteiger partial charge in [-0.1, -0.05) is 6.92 Å². The minimum absolute atomic E-state index is 0.174. The van der Waals surface area contributed by atoms with Crippen LogP contribution in [-0.2, 0) is 0 Å². The van der Waals surface area contributed by atoms with Crippen molar-refractivity contribution >= 4 is 11.9 Å². The van der Waals surface area contributed by atoms with Crippen LogP contribution in [-0.4, -0.2) is 52.6 Å². The zero-order chi connectivity index (χ0) is 13.0. The van der Waals surface area contributed by atoms with Crippen LogP contribution in [0.5, 0.6) is 6.01 Å². The second-order valence-electron chi connectivity index (χ2n) is 4.38. The quantitative estimate of drug-likeness (QED) is 0.799. The molecular weight excluding hydrogens is 232 g/mol. The molecule has 3 N–H and O–H groups in total. The van der Waals surface area contributed by atoms with E-state index in [-0.39, 0.29) is 12.0 Å². The molecule has 0 amide bonds. The van der Waals surface area contributed by atoms with Crippen LogP contribution >= 0.6 is 0 Å². The van der Waals surface area contributed by atoms with Gasteiger partial charge in [0.25, 0.3) is 0 Å². The molecule has 2 rings (SSSR count). The summed E-state index contributed by atoms with van der Waals surface area (Å²) >= 11 is 0. The van der Waals surface area contributed by atoms with Gasteiger partial charge in [0.05, 0.1) is 7.11 Å². The van der Waals surface area contributed by atoms with Gasteiger partial charge in [-0.3, -0.25) is 0 Å². The molecule has 0 aromatic carbocycles. The number of methoxy groups -OCH3 is 1. The lowest BCUT2D eigenvalue weighted by Crippen LogP contribution is -2.42. The summed E-state index contributed by atoms with van der Waals surface area (Å²) in [5.41, 5.74) is 5.60. The van der Waals surface area contributed by atoms with Crippen LogP contribution in [0.4, 0.5) is 11.9 Å². The van der Waals surface area contributed by atoms with Gasteiger partial charge in [0.1, 0.15) is 0 Å². The first-order valence-corrected chi connectivity index (χ1v) is 6.25. The summed E-state index contributed by atoms with van der Waals surface area (Å²) in [6.45, 7) is 5.41. The van der Waals surface area contributed by atoms with Gasteiger partial charge < -0.3 is 20.7 Å². The molecule has 7 nitrogen and oxygen atoms in total. The summed E-state index contributed by atoms with van der Waals surface area (Å²) < 4.78 is 4.97. The molecule has 1 saturated heterocycles. The largest absolute Gasteiger partial charge is 0.467 e. The van der Waals surface area contributed by atoms with Crippen LogP contribution in [0.2, 0.25) is 0 Å². The molecule has 1 aromatic rings. The number of piperidine rings is 1. The first kappa shape index (κ1) is 12.8. The summed E-state index contributed by atoms with van der Waals surface area (Å²) in [4.78, 5) is 14.5. The molecule has 1 atom stereocenters. The van der Waals surface area contributed by atoms with E-state index in [2.05, 4.69) is 32.1 Å². The standard InChI is InChI=1S/C11H20N6O/c1-3-17-6-4-5-8(7-17)13-10-14-9(12)15-11(16-10)18-2/h8H,3-7H2,1-2H3,(H3,12,13,14,15,16). The average Bonchev–Trinajstić information content (AvgIpc) is 2.38. The van der Waals surface area contributed by atoms with Crippen molar-refractivity contribution in [1.29, 1.82) is 0 Å². The molecule has 100 valence electrons.